The van der Waals surface area contributed by atoms with Gasteiger partial charge >= 0.3 is 0 Å². The van der Waals surface area contributed by atoms with Crippen molar-refractivity contribution >= 4 is 10.9 Å². The number of para-hydroxylation sites is 1. The Bertz CT molecular complexity index is 595. The average Bonchev–Trinajstić information content (AvgIpc) is 2.46. The minimum Gasteiger partial charge on any atom is -0.380 e. The zero-order valence-corrected chi connectivity index (χ0v) is 11.8. The summed E-state index contributed by atoms with van der Waals surface area (Å²) in [6.45, 7) is 4.92. The molecule has 1 aromatic carbocycles. The molecular weight excluding hydrogens is 254 g/mol. The van der Waals surface area contributed by atoms with Crippen LogP contribution in [0.5, 0.6) is 0 Å². The van der Waals surface area contributed by atoms with Gasteiger partial charge in [0, 0.05) is 13.2 Å². The van der Waals surface area contributed by atoms with E-state index in [1.165, 1.54) is 0 Å². The van der Waals surface area contributed by atoms with E-state index in [0.717, 1.165) is 31.5 Å². The summed E-state index contributed by atoms with van der Waals surface area (Å²) in [7, 11) is 0. The molecule has 2 aromatic rings. The first-order valence-corrected chi connectivity index (χ1v) is 7.07. The highest BCUT2D eigenvalue weighted by Crippen LogP contribution is 2.05. The molecule has 0 atom stereocenters. The summed E-state index contributed by atoms with van der Waals surface area (Å²) in [6, 6.07) is 7.35. The number of benzene rings is 1. The second-order valence-electron chi connectivity index (χ2n) is 4.67. The first-order chi connectivity index (χ1) is 9.81. The lowest BCUT2D eigenvalue weighted by Gasteiger charge is -2.06. The van der Waals surface area contributed by atoms with Crippen LogP contribution in [0.1, 0.15) is 25.6 Å². The molecule has 20 heavy (non-hydrogen) atoms. The molecule has 2 N–H and O–H groups in total. The molecule has 0 saturated heterocycles. The molecule has 1 aromatic heterocycles. The number of H-pyrrole nitrogens is 1. The van der Waals surface area contributed by atoms with Gasteiger partial charge in [0.05, 0.1) is 24.1 Å². The van der Waals surface area contributed by atoms with Crippen molar-refractivity contribution in [2.45, 2.75) is 26.3 Å². The fraction of sp³-hybridized carbons (Fsp3) is 0.467. The number of hydrogen-bond acceptors (Lipinski definition) is 4. The fourth-order valence-corrected chi connectivity index (χ4v) is 1.92. The molecule has 0 bridgehead atoms. The Morgan fingerprint density at radius 3 is 3.00 bits per heavy atom. The monoisotopic (exact) mass is 275 g/mol. The van der Waals surface area contributed by atoms with Crippen LogP contribution in [0.3, 0.4) is 0 Å². The summed E-state index contributed by atoms with van der Waals surface area (Å²) < 4.78 is 5.45. The Balaban J connectivity index is 1.83. The van der Waals surface area contributed by atoms with Gasteiger partial charge in [0.25, 0.3) is 5.56 Å². The third-order valence-corrected chi connectivity index (χ3v) is 3.02. The van der Waals surface area contributed by atoms with Crippen molar-refractivity contribution in [3.8, 4) is 0 Å². The van der Waals surface area contributed by atoms with Crippen LogP contribution in [-0.2, 0) is 11.3 Å². The molecule has 0 aliphatic heterocycles. The number of nitrogens with one attached hydrogen (secondary N) is 2. The van der Waals surface area contributed by atoms with E-state index in [1.54, 1.807) is 6.07 Å². The summed E-state index contributed by atoms with van der Waals surface area (Å²) in [5, 5.41) is 3.84. The number of fused-ring (bicyclic) bond motifs is 1. The molecule has 0 aliphatic rings. The summed E-state index contributed by atoms with van der Waals surface area (Å²) in [4.78, 5) is 19.1. The second kappa shape index (κ2) is 7.77. The lowest BCUT2D eigenvalue weighted by atomic mass is 10.2. The van der Waals surface area contributed by atoms with E-state index in [0.29, 0.717) is 24.4 Å². The molecule has 0 amide bonds. The first kappa shape index (κ1) is 14.7. The van der Waals surface area contributed by atoms with E-state index in [9.17, 15) is 4.79 Å². The Kier molecular flexibility index (Phi) is 5.70. The molecule has 0 saturated carbocycles. The van der Waals surface area contributed by atoms with Crippen molar-refractivity contribution in [3.05, 3.63) is 40.4 Å². The van der Waals surface area contributed by atoms with Gasteiger partial charge in [0.2, 0.25) is 0 Å². The number of unbranched alkanes of at least 4 members (excludes halogenated alkanes) is 1. The van der Waals surface area contributed by atoms with Crippen molar-refractivity contribution in [3.63, 3.8) is 0 Å². The molecule has 0 unspecified atom stereocenters. The number of hydrogen-bond donors (Lipinski definition) is 2. The molecular formula is C15H21N3O2. The highest BCUT2D eigenvalue weighted by atomic mass is 16.5. The largest absolute Gasteiger partial charge is 0.380 e. The number of nitrogens with zero attached hydrogens (tertiary/aromatic N) is 1. The zero-order chi connectivity index (χ0) is 14.2. The number of rotatable bonds is 8. The van der Waals surface area contributed by atoms with E-state index in [2.05, 4.69) is 22.2 Å². The highest BCUT2D eigenvalue weighted by molar-refractivity contribution is 5.77. The van der Waals surface area contributed by atoms with Crippen LogP contribution in [0.4, 0.5) is 0 Å². The highest BCUT2D eigenvalue weighted by Gasteiger charge is 2.02. The maximum absolute atomic E-state index is 11.9. The van der Waals surface area contributed by atoms with Crippen molar-refractivity contribution in [2.75, 3.05) is 19.8 Å². The van der Waals surface area contributed by atoms with Crippen LogP contribution in [-0.4, -0.2) is 29.7 Å². The Morgan fingerprint density at radius 2 is 2.15 bits per heavy atom. The summed E-state index contributed by atoms with van der Waals surface area (Å²) in [6.07, 6.45) is 2.25. The molecule has 0 aliphatic carbocycles. The second-order valence-corrected chi connectivity index (χ2v) is 4.67. The topological polar surface area (TPSA) is 67.0 Å². The first-order valence-electron chi connectivity index (χ1n) is 7.07. The zero-order valence-electron chi connectivity index (χ0n) is 11.8. The third kappa shape index (κ3) is 4.15. The average molecular weight is 275 g/mol. The molecule has 1 heterocycles. The van der Waals surface area contributed by atoms with Crippen LogP contribution in [0.2, 0.25) is 0 Å². The fourth-order valence-electron chi connectivity index (χ4n) is 1.92. The maximum atomic E-state index is 11.9. The van der Waals surface area contributed by atoms with Gasteiger partial charge in [-0.2, -0.15) is 0 Å². The molecule has 5 heteroatoms. The standard InChI is InChI=1S/C15H21N3O2/c1-2-3-9-20-10-8-16-11-14-17-13-7-5-4-6-12(13)15(19)18-14/h4-7,16H,2-3,8-11H2,1H3,(H,17,18,19). The van der Waals surface area contributed by atoms with Crippen LogP contribution in [0, 0.1) is 0 Å². The van der Waals surface area contributed by atoms with Gasteiger partial charge in [0.15, 0.2) is 0 Å². The third-order valence-electron chi connectivity index (χ3n) is 3.02. The maximum Gasteiger partial charge on any atom is 0.258 e. The number of aromatic nitrogens is 2. The van der Waals surface area contributed by atoms with Crippen LogP contribution in [0.25, 0.3) is 10.9 Å². The predicted octanol–water partition coefficient (Wildman–Crippen LogP) is 1.83. The number of ether oxygens (including phenoxy) is 1. The Morgan fingerprint density at radius 1 is 1.30 bits per heavy atom. The van der Waals surface area contributed by atoms with Crippen molar-refractivity contribution in [1.82, 2.24) is 15.3 Å². The molecule has 108 valence electrons. The van der Waals surface area contributed by atoms with Gasteiger partial charge < -0.3 is 15.0 Å². The van der Waals surface area contributed by atoms with Crippen molar-refractivity contribution < 1.29 is 4.74 Å². The lowest BCUT2D eigenvalue weighted by molar-refractivity contribution is 0.132. The normalized spacial score (nSPS) is 11.1. The minimum absolute atomic E-state index is 0.0911. The van der Waals surface area contributed by atoms with E-state index in [4.69, 9.17) is 4.74 Å². The van der Waals surface area contributed by atoms with Crippen LogP contribution in [0.15, 0.2) is 29.1 Å². The van der Waals surface area contributed by atoms with Gasteiger partial charge in [-0.15, -0.1) is 0 Å². The summed E-state index contributed by atoms with van der Waals surface area (Å²) >= 11 is 0. The smallest absolute Gasteiger partial charge is 0.258 e. The molecule has 0 spiro atoms. The molecule has 0 radical (unpaired) electrons. The SMILES string of the molecule is CCCCOCCNCc1nc2ccccc2c(=O)[nH]1. The van der Waals surface area contributed by atoms with Crippen molar-refractivity contribution in [1.29, 1.82) is 0 Å². The van der Waals surface area contributed by atoms with E-state index in [1.807, 2.05) is 18.2 Å². The van der Waals surface area contributed by atoms with Crippen LogP contribution < -0.4 is 10.9 Å². The van der Waals surface area contributed by atoms with E-state index < -0.39 is 0 Å². The predicted molar refractivity (Wildman–Crippen MR) is 79.8 cm³/mol. The summed E-state index contributed by atoms with van der Waals surface area (Å²) in [5.41, 5.74) is 0.638. The minimum atomic E-state index is -0.0911. The van der Waals surface area contributed by atoms with Gasteiger partial charge in [0.1, 0.15) is 5.82 Å². The van der Waals surface area contributed by atoms with Gasteiger partial charge in [-0.3, -0.25) is 4.79 Å². The quantitative estimate of drug-likeness (QED) is 0.721. The van der Waals surface area contributed by atoms with Gasteiger partial charge in [-0.05, 0) is 18.6 Å². The molecule has 5 nitrogen and oxygen atoms in total. The van der Waals surface area contributed by atoms with E-state index >= 15 is 0 Å². The lowest BCUT2D eigenvalue weighted by Crippen LogP contribution is -2.23. The van der Waals surface area contributed by atoms with Gasteiger partial charge in [-0.1, -0.05) is 25.5 Å². The Hall–Kier alpha value is -1.72. The summed E-state index contributed by atoms with van der Waals surface area (Å²) in [5.74, 6) is 0.655. The van der Waals surface area contributed by atoms with Crippen LogP contribution >= 0.6 is 0 Å². The van der Waals surface area contributed by atoms with E-state index in [-0.39, 0.29) is 5.56 Å². The molecule has 0 fully saturated rings. The Labute approximate surface area is 118 Å². The van der Waals surface area contributed by atoms with Gasteiger partial charge in [-0.25, -0.2) is 4.98 Å². The van der Waals surface area contributed by atoms with Crippen molar-refractivity contribution in [2.24, 2.45) is 0 Å². The number of aromatic amines is 1. The molecule has 2 rings (SSSR count).